The van der Waals surface area contributed by atoms with Crippen LogP contribution < -0.4 is 5.32 Å². The fourth-order valence-electron chi connectivity index (χ4n) is 2.81. The highest BCUT2D eigenvalue weighted by atomic mass is 35.5. The first kappa shape index (κ1) is 16.1. The summed E-state index contributed by atoms with van der Waals surface area (Å²) >= 11 is 12.1. The molecule has 0 aliphatic carbocycles. The Bertz CT molecular complexity index is 417. The van der Waals surface area contributed by atoms with Crippen molar-refractivity contribution in [1.29, 1.82) is 0 Å². The van der Waals surface area contributed by atoms with E-state index in [1.165, 1.54) is 37.9 Å². The smallest absolute Gasteiger partial charge is 0.0595 e. The molecule has 2 rings (SSSR count). The normalized spacial score (nSPS) is 18.1. The van der Waals surface area contributed by atoms with Gasteiger partial charge in [-0.05, 0) is 50.0 Å². The average molecular weight is 315 g/mol. The fourth-order valence-corrected chi connectivity index (χ4v) is 3.11. The van der Waals surface area contributed by atoms with Gasteiger partial charge >= 0.3 is 0 Å². The van der Waals surface area contributed by atoms with Crippen molar-refractivity contribution in [3.63, 3.8) is 0 Å². The van der Waals surface area contributed by atoms with E-state index >= 15 is 0 Å². The van der Waals surface area contributed by atoms with E-state index in [1.807, 2.05) is 12.1 Å². The monoisotopic (exact) mass is 314 g/mol. The molecule has 1 aromatic carbocycles. The number of hydrogen-bond acceptors (Lipinski definition) is 2. The summed E-state index contributed by atoms with van der Waals surface area (Å²) in [6.45, 7) is 6.87. The summed E-state index contributed by atoms with van der Waals surface area (Å²) in [7, 11) is 0. The quantitative estimate of drug-likeness (QED) is 0.830. The minimum atomic E-state index is 0.356. The molecule has 1 fully saturated rings. The molecule has 0 amide bonds. The molecule has 1 unspecified atom stereocenters. The van der Waals surface area contributed by atoms with Crippen LogP contribution in [-0.4, -0.2) is 31.1 Å². The highest BCUT2D eigenvalue weighted by Crippen LogP contribution is 2.26. The molecule has 1 atom stereocenters. The topological polar surface area (TPSA) is 15.3 Å². The Morgan fingerprint density at radius 1 is 1.15 bits per heavy atom. The summed E-state index contributed by atoms with van der Waals surface area (Å²) in [6.07, 6.45) is 5.15. The van der Waals surface area contributed by atoms with Crippen LogP contribution in [0.25, 0.3) is 0 Å². The van der Waals surface area contributed by atoms with Gasteiger partial charge in [0.05, 0.1) is 10.0 Å². The van der Waals surface area contributed by atoms with Crippen LogP contribution in [0.2, 0.25) is 10.0 Å². The zero-order chi connectivity index (χ0) is 14.4. The first-order valence-electron chi connectivity index (χ1n) is 7.61. The lowest BCUT2D eigenvalue weighted by Crippen LogP contribution is -2.36. The van der Waals surface area contributed by atoms with Gasteiger partial charge < -0.3 is 10.2 Å². The molecule has 112 valence electrons. The van der Waals surface area contributed by atoms with Crippen molar-refractivity contribution in [2.75, 3.05) is 26.2 Å². The maximum Gasteiger partial charge on any atom is 0.0595 e. The summed E-state index contributed by atoms with van der Waals surface area (Å²) in [5, 5.41) is 4.90. The molecule has 1 aromatic rings. The van der Waals surface area contributed by atoms with Crippen LogP contribution in [-0.2, 0) is 0 Å². The van der Waals surface area contributed by atoms with Crippen molar-refractivity contribution in [1.82, 2.24) is 10.2 Å². The van der Waals surface area contributed by atoms with Gasteiger partial charge in [-0.1, -0.05) is 42.6 Å². The molecule has 0 spiro atoms. The maximum absolute atomic E-state index is 6.10. The molecule has 0 radical (unpaired) electrons. The number of nitrogens with zero attached hydrogens (tertiary/aromatic N) is 1. The van der Waals surface area contributed by atoms with Crippen molar-refractivity contribution in [3.8, 4) is 0 Å². The van der Waals surface area contributed by atoms with Gasteiger partial charge in [0.25, 0.3) is 0 Å². The zero-order valence-electron chi connectivity index (χ0n) is 12.2. The molecule has 20 heavy (non-hydrogen) atoms. The SMILES string of the molecule is CCC(NCCN1CCCCC1)c1ccc(Cl)c(Cl)c1. The lowest BCUT2D eigenvalue weighted by Gasteiger charge is -2.27. The summed E-state index contributed by atoms with van der Waals surface area (Å²) in [4.78, 5) is 2.55. The van der Waals surface area contributed by atoms with Gasteiger partial charge in [-0.15, -0.1) is 0 Å². The van der Waals surface area contributed by atoms with Crippen LogP contribution in [0, 0.1) is 0 Å². The molecule has 4 heteroatoms. The second kappa shape index (κ2) is 8.23. The number of benzene rings is 1. The van der Waals surface area contributed by atoms with Crippen molar-refractivity contribution in [2.45, 2.75) is 38.6 Å². The predicted octanol–water partition coefficient (Wildman–Crippen LogP) is 4.52. The number of likely N-dealkylation sites (tertiary alicyclic amines) is 1. The van der Waals surface area contributed by atoms with Crippen LogP contribution in [0.5, 0.6) is 0 Å². The summed E-state index contributed by atoms with van der Waals surface area (Å²) in [5.74, 6) is 0. The number of nitrogens with one attached hydrogen (secondary N) is 1. The first-order chi connectivity index (χ1) is 9.70. The summed E-state index contributed by atoms with van der Waals surface area (Å²) < 4.78 is 0. The number of rotatable bonds is 6. The molecule has 1 saturated heterocycles. The van der Waals surface area contributed by atoms with Gasteiger partial charge in [0.2, 0.25) is 0 Å². The van der Waals surface area contributed by atoms with Crippen LogP contribution in [0.15, 0.2) is 18.2 Å². The van der Waals surface area contributed by atoms with E-state index in [9.17, 15) is 0 Å². The second-order valence-corrected chi connectivity index (χ2v) is 6.31. The highest BCUT2D eigenvalue weighted by molar-refractivity contribution is 6.42. The van der Waals surface area contributed by atoms with E-state index in [1.54, 1.807) is 0 Å². The molecule has 1 heterocycles. The molecule has 0 bridgehead atoms. The Labute approximate surface area is 132 Å². The summed E-state index contributed by atoms with van der Waals surface area (Å²) in [5.41, 5.74) is 1.22. The minimum absolute atomic E-state index is 0.356. The molecular weight excluding hydrogens is 291 g/mol. The lowest BCUT2D eigenvalue weighted by molar-refractivity contribution is 0.226. The number of halogens is 2. The fraction of sp³-hybridized carbons (Fsp3) is 0.625. The molecule has 0 aromatic heterocycles. The molecular formula is C16H24Cl2N2. The zero-order valence-corrected chi connectivity index (χ0v) is 13.7. The van der Waals surface area contributed by atoms with E-state index in [0.717, 1.165) is 19.5 Å². The van der Waals surface area contributed by atoms with Crippen LogP contribution in [0.4, 0.5) is 0 Å². The van der Waals surface area contributed by atoms with E-state index in [0.29, 0.717) is 16.1 Å². The molecule has 1 aliphatic heterocycles. The molecule has 1 N–H and O–H groups in total. The van der Waals surface area contributed by atoms with Crippen molar-refractivity contribution < 1.29 is 0 Å². The summed E-state index contributed by atoms with van der Waals surface area (Å²) in [6, 6.07) is 6.28. The van der Waals surface area contributed by atoms with Crippen LogP contribution in [0.3, 0.4) is 0 Å². The second-order valence-electron chi connectivity index (χ2n) is 5.49. The van der Waals surface area contributed by atoms with E-state index in [2.05, 4.69) is 23.2 Å². The Morgan fingerprint density at radius 2 is 1.90 bits per heavy atom. The minimum Gasteiger partial charge on any atom is -0.309 e. The molecule has 0 saturated carbocycles. The van der Waals surface area contributed by atoms with Crippen molar-refractivity contribution >= 4 is 23.2 Å². The lowest BCUT2D eigenvalue weighted by atomic mass is 10.0. The molecule has 1 aliphatic rings. The van der Waals surface area contributed by atoms with Crippen LogP contribution in [0.1, 0.15) is 44.2 Å². The highest BCUT2D eigenvalue weighted by Gasteiger charge is 2.13. The largest absolute Gasteiger partial charge is 0.309 e. The first-order valence-corrected chi connectivity index (χ1v) is 8.37. The standard InChI is InChI=1S/C16H24Cl2N2/c1-2-16(13-6-7-14(17)15(18)12-13)19-8-11-20-9-4-3-5-10-20/h6-7,12,16,19H,2-5,8-11H2,1H3. The van der Waals surface area contributed by atoms with E-state index < -0.39 is 0 Å². The van der Waals surface area contributed by atoms with Gasteiger partial charge in [-0.2, -0.15) is 0 Å². The number of piperidine rings is 1. The van der Waals surface area contributed by atoms with Crippen LogP contribution >= 0.6 is 23.2 Å². The van der Waals surface area contributed by atoms with Crippen molar-refractivity contribution in [3.05, 3.63) is 33.8 Å². The Kier molecular flexibility index (Phi) is 6.63. The third kappa shape index (κ3) is 4.63. The maximum atomic E-state index is 6.10. The van der Waals surface area contributed by atoms with Gasteiger partial charge in [0.1, 0.15) is 0 Å². The van der Waals surface area contributed by atoms with Gasteiger partial charge in [-0.25, -0.2) is 0 Å². The van der Waals surface area contributed by atoms with Gasteiger partial charge in [0, 0.05) is 19.1 Å². The van der Waals surface area contributed by atoms with E-state index in [4.69, 9.17) is 23.2 Å². The van der Waals surface area contributed by atoms with Crippen molar-refractivity contribution in [2.24, 2.45) is 0 Å². The van der Waals surface area contributed by atoms with Gasteiger partial charge in [0.15, 0.2) is 0 Å². The Morgan fingerprint density at radius 3 is 2.55 bits per heavy atom. The Hall–Kier alpha value is -0.280. The predicted molar refractivity (Wildman–Crippen MR) is 87.8 cm³/mol. The third-order valence-corrected chi connectivity index (χ3v) is 4.76. The van der Waals surface area contributed by atoms with E-state index in [-0.39, 0.29) is 0 Å². The third-order valence-electron chi connectivity index (χ3n) is 4.02. The molecule has 2 nitrogen and oxygen atoms in total. The average Bonchev–Trinajstić information content (AvgIpc) is 2.48. The van der Waals surface area contributed by atoms with Gasteiger partial charge in [-0.3, -0.25) is 0 Å². The number of hydrogen-bond donors (Lipinski definition) is 1. The Balaban J connectivity index is 1.83.